The fraction of sp³-hybridized carbons (Fsp3) is 0.300. The molecule has 1 saturated carbocycles. The van der Waals surface area contributed by atoms with Crippen LogP contribution in [-0.2, 0) is 9.59 Å². The Morgan fingerprint density at radius 3 is 1.63 bits per heavy atom. The first kappa shape index (κ1) is 31.6. The SMILES string of the molecule is CN(CC1(C(=O)NCCC[PH](c2ccccc2)(c2ccccc2)c2ccccc2)CC1)C(=N)N.O=C(O)C(F)(F)F. The molecule has 11 heteroatoms. The number of halogens is 3. The number of carbonyl (C=O) groups excluding carboxylic acids is 1. The predicted molar refractivity (Wildman–Crippen MR) is 159 cm³/mol. The van der Waals surface area contributed by atoms with E-state index in [0.29, 0.717) is 13.1 Å². The van der Waals surface area contributed by atoms with E-state index in [4.69, 9.17) is 21.0 Å². The average Bonchev–Trinajstić information content (AvgIpc) is 3.75. The molecule has 1 aliphatic rings. The minimum Gasteiger partial charge on any atom is -0.475 e. The summed E-state index contributed by atoms with van der Waals surface area (Å²) >= 11 is 0. The summed E-state index contributed by atoms with van der Waals surface area (Å²) in [5.74, 6) is -2.66. The quantitative estimate of drug-likeness (QED) is 0.125. The van der Waals surface area contributed by atoms with Gasteiger partial charge in [0.05, 0.1) is 0 Å². The molecular formula is C30H36F3N4O3P. The van der Waals surface area contributed by atoms with E-state index in [9.17, 15) is 18.0 Å². The van der Waals surface area contributed by atoms with Gasteiger partial charge in [0.15, 0.2) is 0 Å². The molecule has 41 heavy (non-hydrogen) atoms. The number of carboxylic acid groups (broad SMARTS) is 1. The van der Waals surface area contributed by atoms with Crippen LogP contribution in [0.1, 0.15) is 19.3 Å². The third-order valence-electron chi connectivity index (χ3n) is 7.34. The van der Waals surface area contributed by atoms with Crippen molar-refractivity contribution in [1.82, 2.24) is 10.2 Å². The van der Waals surface area contributed by atoms with E-state index >= 15 is 0 Å². The maximum absolute atomic E-state index is 13.0. The summed E-state index contributed by atoms with van der Waals surface area (Å²) < 4.78 is 31.7. The molecule has 0 spiro atoms. The second-order valence-corrected chi connectivity index (χ2v) is 14.2. The van der Waals surface area contributed by atoms with Crippen LogP contribution >= 0.6 is 7.26 Å². The van der Waals surface area contributed by atoms with E-state index in [2.05, 4.69) is 96.3 Å². The van der Waals surface area contributed by atoms with Crippen LogP contribution in [-0.4, -0.2) is 60.3 Å². The molecule has 1 amide bonds. The van der Waals surface area contributed by atoms with E-state index in [1.165, 1.54) is 15.9 Å². The van der Waals surface area contributed by atoms with Gasteiger partial charge in [0.1, 0.15) is 0 Å². The topological polar surface area (TPSA) is 120 Å². The molecule has 0 aromatic heterocycles. The number of benzene rings is 3. The second kappa shape index (κ2) is 13.6. The Morgan fingerprint density at radius 2 is 1.32 bits per heavy atom. The summed E-state index contributed by atoms with van der Waals surface area (Å²) in [5.41, 5.74) is 5.19. The van der Waals surface area contributed by atoms with Gasteiger partial charge in [0, 0.05) is 0 Å². The summed E-state index contributed by atoms with van der Waals surface area (Å²) in [4.78, 5) is 23.5. The molecule has 0 unspecified atom stereocenters. The number of carbonyl (C=O) groups is 2. The molecule has 3 aromatic carbocycles. The van der Waals surface area contributed by atoms with E-state index in [1.54, 1.807) is 11.9 Å². The monoisotopic (exact) mass is 588 g/mol. The smallest absolute Gasteiger partial charge is 0.475 e. The molecule has 0 aliphatic heterocycles. The zero-order valence-electron chi connectivity index (χ0n) is 22.8. The molecule has 7 nitrogen and oxygen atoms in total. The zero-order valence-corrected chi connectivity index (χ0v) is 23.8. The summed E-state index contributed by atoms with van der Waals surface area (Å²) in [6.07, 6.45) is -1.47. The third kappa shape index (κ3) is 8.07. The fourth-order valence-corrected chi connectivity index (χ4v) is 9.85. The normalized spacial score (nSPS) is 14.1. The van der Waals surface area contributed by atoms with Crippen LogP contribution in [0.15, 0.2) is 91.0 Å². The van der Waals surface area contributed by atoms with Crippen molar-refractivity contribution >= 4 is 41.0 Å². The van der Waals surface area contributed by atoms with Crippen LogP contribution < -0.4 is 27.0 Å². The number of amides is 1. The Hall–Kier alpha value is -3.91. The minimum absolute atomic E-state index is 0.00319. The molecule has 3 aromatic rings. The van der Waals surface area contributed by atoms with Gasteiger partial charge in [-0.05, 0) is 0 Å². The minimum atomic E-state index is -5.08. The number of hydrogen-bond acceptors (Lipinski definition) is 3. The molecule has 1 aliphatic carbocycles. The van der Waals surface area contributed by atoms with Crippen molar-refractivity contribution in [1.29, 1.82) is 5.41 Å². The summed E-state index contributed by atoms with van der Waals surface area (Å²) in [6, 6.07) is 32.6. The number of guanidine groups is 1. The standard InChI is InChI=1S/C28H35N4OP.C2HF3O2/c1-32(27(29)30)22-28(18-19-28)26(33)31-20-11-21-34(23-12-5-2-6-13-23,24-14-7-3-8-15-24)25-16-9-4-10-17-25;3-2(4,5)1(6)7/h2-10,12-17,34H,11,18-22H2,1H3,(H3,29,30)(H,31,33);(H,6,7). The van der Waals surface area contributed by atoms with Crippen molar-refractivity contribution in [2.45, 2.75) is 25.4 Å². The van der Waals surface area contributed by atoms with Crippen molar-refractivity contribution in [3.05, 3.63) is 91.0 Å². The Morgan fingerprint density at radius 1 is 0.927 bits per heavy atom. The number of carboxylic acids is 1. The molecule has 1 fully saturated rings. The Balaban J connectivity index is 0.000000587. The first-order valence-corrected chi connectivity index (χ1v) is 15.4. The Bertz CT molecular complexity index is 1210. The van der Waals surface area contributed by atoms with Gasteiger partial charge in [-0.3, -0.25) is 0 Å². The van der Waals surface area contributed by atoms with Crippen molar-refractivity contribution < 1.29 is 27.9 Å². The average molecular weight is 589 g/mol. The van der Waals surface area contributed by atoms with Crippen LogP contribution in [0.25, 0.3) is 0 Å². The molecule has 0 heterocycles. The molecule has 0 atom stereocenters. The van der Waals surface area contributed by atoms with E-state index in [0.717, 1.165) is 25.4 Å². The number of aliphatic carboxylic acids is 1. The second-order valence-electron chi connectivity index (χ2n) is 10.2. The van der Waals surface area contributed by atoms with Crippen molar-refractivity contribution in [2.24, 2.45) is 11.1 Å². The molecule has 4 rings (SSSR count). The predicted octanol–water partition coefficient (Wildman–Crippen LogP) is 3.46. The van der Waals surface area contributed by atoms with Crippen molar-refractivity contribution in [2.75, 3.05) is 26.3 Å². The molecule has 220 valence electrons. The van der Waals surface area contributed by atoms with Crippen LogP contribution in [0.2, 0.25) is 0 Å². The van der Waals surface area contributed by atoms with E-state index < -0.39 is 24.8 Å². The van der Waals surface area contributed by atoms with Crippen molar-refractivity contribution in [3.63, 3.8) is 0 Å². The van der Waals surface area contributed by atoms with Crippen LogP contribution in [0, 0.1) is 10.8 Å². The van der Waals surface area contributed by atoms with Gasteiger partial charge < -0.3 is 5.11 Å². The maximum atomic E-state index is 13.0. The van der Waals surface area contributed by atoms with Gasteiger partial charge in [0.25, 0.3) is 0 Å². The molecular weight excluding hydrogens is 552 g/mol. The van der Waals surface area contributed by atoms with Gasteiger partial charge in [-0.15, -0.1) is 0 Å². The molecule has 0 bridgehead atoms. The maximum Gasteiger partial charge on any atom is 0.490 e. The summed E-state index contributed by atoms with van der Waals surface area (Å²) in [7, 11) is -0.498. The number of hydrogen-bond donors (Lipinski definition) is 4. The number of nitrogens with zero attached hydrogens (tertiary/aromatic N) is 1. The van der Waals surface area contributed by atoms with Crippen LogP contribution in [0.5, 0.6) is 0 Å². The van der Waals surface area contributed by atoms with Crippen LogP contribution in [0.3, 0.4) is 0 Å². The van der Waals surface area contributed by atoms with Gasteiger partial charge in [-0.1, -0.05) is 0 Å². The number of nitrogens with two attached hydrogens (primary N) is 1. The fourth-order valence-electron chi connectivity index (χ4n) is 4.99. The largest absolute Gasteiger partial charge is 0.490 e. The van der Waals surface area contributed by atoms with Gasteiger partial charge >= 0.3 is 215 Å². The number of rotatable bonds is 10. The van der Waals surface area contributed by atoms with Gasteiger partial charge in [-0.25, -0.2) is 4.79 Å². The van der Waals surface area contributed by atoms with Crippen molar-refractivity contribution in [3.8, 4) is 0 Å². The molecule has 0 saturated heterocycles. The number of nitrogens with one attached hydrogen (secondary N) is 2. The van der Waals surface area contributed by atoms with E-state index in [-0.39, 0.29) is 11.9 Å². The Labute approximate surface area is 238 Å². The molecule has 0 radical (unpaired) electrons. The van der Waals surface area contributed by atoms with Gasteiger partial charge in [-0.2, -0.15) is 13.2 Å². The first-order chi connectivity index (χ1) is 19.4. The Kier molecular flexibility index (Phi) is 10.5. The number of alkyl halides is 3. The summed E-state index contributed by atoms with van der Waals surface area (Å²) in [5, 5.41) is 22.1. The summed E-state index contributed by atoms with van der Waals surface area (Å²) in [6.45, 7) is 1.15. The van der Waals surface area contributed by atoms with Gasteiger partial charge in [0.2, 0.25) is 0 Å². The first-order valence-electron chi connectivity index (χ1n) is 13.2. The van der Waals surface area contributed by atoms with Crippen LogP contribution in [0.4, 0.5) is 13.2 Å². The molecule has 5 N–H and O–H groups in total. The van der Waals surface area contributed by atoms with E-state index in [1.807, 2.05) is 0 Å². The zero-order chi connectivity index (χ0) is 30.1. The third-order valence-corrected chi connectivity index (χ3v) is 12.4.